The van der Waals surface area contributed by atoms with Crippen LogP contribution in [0.2, 0.25) is 10.0 Å². The second kappa shape index (κ2) is 9.30. The molecule has 7 heteroatoms. The van der Waals surface area contributed by atoms with Crippen LogP contribution in [0.15, 0.2) is 42.5 Å². The van der Waals surface area contributed by atoms with E-state index in [-0.39, 0.29) is 18.4 Å². The molecule has 5 nitrogen and oxygen atoms in total. The molecule has 1 aliphatic heterocycles. The fraction of sp³-hybridized carbons (Fsp3) is 0.333. The van der Waals surface area contributed by atoms with Crippen molar-refractivity contribution in [1.29, 1.82) is 0 Å². The number of likely N-dealkylation sites (tertiary alicyclic amines) is 1. The first-order chi connectivity index (χ1) is 13.4. The van der Waals surface area contributed by atoms with Crippen molar-refractivity contribution in [3.8, 4) is 0 Å². The van der Waals surface area contributed by atoms with Gasteiger partial charge in [-0.05, 0) is 55.2 Å². The number of carbonyl (C=O) groups excluding carboxylic acids is 2. The standard InChI is InChI=1S/C21H23Cl2N3O2/c1-14-7-9-26(10-8-14)21(28)15-3-2-4-17(11-15)25-20(27)13-24-16-5-6-18(22)19(23)12-16/h2-6,11-12,14,24H,7-10,13H2,1H3,(H,25,27). The number of halogens is 2. The van der Waals surface area contributed by atoms with Crippen molar-refractivity contribution in [2.75, 3.05) is 30.3 Å². The topological polar surface area (TPSA) is 61.4 Å². The van der Waals surface area contributed by atoms with Gasteiger partial charge in [0.05, 0.1) is 16.6 Å². The number of piperidine rings is 1. The molecule has 28 heavy (non-hydrogen) atoms. The van der Waals surface area contributed by atoms with Gasteiger partial charge in [-0.15, -0.1) is 0 Å². The maximum Gasteiger partial charge on any atom is 0.253 e. The van der Waals surface area contributed by atoms with Crippen LogP contribution >= 0.6 is 23.2 Å². The molecule has 0 aromatic heterocycles. The Balaban J connectivity index is 1.56. The van der Waals surface area contributed by atoms with E-state index in [9.17, 15) is 9.59 Å². The molecular formula is C21H23Cl2N3O2. The summed E-state index contributed by atoms with van der Waals surface area (Å²) in [6.45, 7) is 3.85. The van der Waals surface area contributed by atoms with Gasteiger partial charge >= 0.3 is 0 Å². The molecule has 2 N–H and O–H groups in total. The summed E-state index contributed by atoms with van der Waals surface area (Å²) in [5.41, 5.74) is 1.88. The lowest BCUT2D eigenvalue weighted by molar-refractivity contribution is -0.114. The van der Waals surface area contributed by atoms with Crippen LogP contribution in [0.3, 0.4) is 0 Å². The first-order valence-corrected chi connectivity index (χ1v) is 10.1. The van der Waals surface area contributed by atoms with Gasteiger partial charge in [0.2, 0.25) is 5.91 Å². The largest absolute Gasteiger partial charge is 0.376 e. The number of nitrogens with one attached hydrogen (secondary N) is 2. The SMILES string of the molecule is CC1CCN(C(=O)c2cccc(NC(=O)CNc3ccc(Cl)c(Cl)c3)c2)CC1. The number of hydrogen-bond donors (Lipinski definition) is 2. The molecule has 0 radical (unpaired) electrons. The number of benzene rings is 2. The molecule has 1 aliphatic rings. The zero-order chi connectivity index (χ0) is 20.1. The molecule has 0 atom stereocenters. The van der Waals surface area contributed by atoms with Crippen LogP contribution in [-0.4, -0.2) is 36.3 Å². The van der Waals surface area contributed by atoms with Crippen molar-refractivity contribution in [1.82, 2.24) is 4.90 Å². The highest BCUT2D eigenvalue weighted by Gasteiger charge is 2.21. The number of carbonyl (C=O) groups is 2. The van der Waals surface area contributed by atoms with E-state index in [0.29, 0.717) is 32.9 Å². The Morgan fingerprint density at radius 1 is 1.04 bits per heavy atom. The second-order valence-corrected chi connectivity index (χ2v) is 7.90. The van der Waals surface area contributed by atoms with Crippen LogP contribution in [0, 0.1) is 5.92 Å². The Kier molecular flexibility index (Phi) is 6.81. The Bertz CT molecular complexity index is 864. The molecule has 0 unspecified atom stereocenters. The van der Waals surface area contributed by atoms with Crippen molar-refractivity contribution in [3.05, 3.63) is 58.1 Å². The smallest absolute Gasteiger partial charge is 0.253 e. The highest BCUT2D eigenvalue weighted by molar-refractivity contribution is 6.42. The summed E-state index contributed by atoms with van der Waals surface area (Å²) < 4.78 is 0. The lowest BCUT2D eigenvalue weighted by Crippen LogP contribution is -2.37. The van der Waals surface area contributed by atoms with Crippen molar-refractivity contribution >= 4 is 46.4 Å². The van der Waals surface area contributed by atoms with Crippen LogP contribution in [0.5, 0.6) is 0 Å². The van der Waals surface area contributed by atoms with E-state index in [0.717, 1.165) is 25.9 Å². The zero-order valence-electron chi connectivity index (χ0n) is 15.7. The number of hydrogen-bond acceptors (Lipinski definition) is 3. The first-order valence-electron chi connectivity index (χ1n) is 9.30. The minimum atomic E-state index is -0.220. The third-order valence-electron chi connectivity index (χ3n) is 4.84. The van der Waals surface area contributed by atoms with E-state index in [1.807, 2.05) is 4.90 Å². The van der Waals surface area contributed by atoms with E-state index >= 15 is 0 Å². The predicted octanol–water partition coefficient (Wildman–Crippen LogP) is 4.92. The highest BCUT2D eigenvalue weighted by atomic mass is 35.5. The van der Waals surface area contributed by atoms with Gasteiger partial charge in [0.1, 0.15) is 0 Å². The van der Waals surface area contributed by atoms with E-state index in [2.05, 4.69) is 17.6 Å². The summed E-state index contributed by atoms with van der Waals surface area (Å²) in [6.07, 6.45) is 2.06. The molecule has 1 saturated heterocycles. The summed E-state index contributed by atoms with van der Waals surface area (Å²) in [5, 5.41) is 6.69. The molecule has 0 spiro atoms. The van der Waals surface area contributed by atoms with E-state index in [1.165, 1.54) is 0 Å². The minimum absolute atomic E-state index is 0.0110. The molecule has 0 aliphatic carbocycles. The summed E-state index contributed by atoms with van der Waals surface area (Å²) in [5.74, 6) is 0.456. The van der Waals surface area contributed by atoms with Gasteiger partial charge in [0.25, 0.3) is 5.91 Å². The van der Waals surface area contributed by atoms with Gasteiger partial charge in [-0.1, -0.05) is 36.2 Å². The van der Waals surface area contributed by atoms with Gasteiger partial charge in [-0.25, -0.2) is 0 Å². The average molecular weight is 420 g/mol. The normalized spacial score (nSPS) is 14.6. The first kappa shape index (κ1) is 20.5. The quantitative estimate of drug-likeness (QED) is 0.722. The highest BCUT2D eigenvalue weighted by Crippen LogP contribution is 2.25. The number of nitrogens with zero attached hydrogens (tertiary/aromatic N) is 1. The average Bonchev–Trinajstić information content (AvgIpc) is 2.69. The number of amides is 2. The summed E-state index contributed by atoms with van der Waals surface area (Å²) in [4.78, 5) is 26.8. The lowest BCUT2D eigenvalue weighted by Gasteiger charge is -2.30. The minimum Gasteiger partial charge on any atom is -0.376 e. The Labute approximate surface area is 175 Å². The van der Waals surface area contributed by atoms with Gasteiger partial charge in [0, 0.05) is 30.0 Å². The number of rotatable bonds is 5. The van der Waals surface area contributed by atoms with Crippen LogP contribution in [-0.2, 0) is 4.79 Å². The van der Waals surface area contributed by atoms with Gasteiger partial charge in [0.15, 0.2) is 0 Å². The van der Waals surface area contributed by atoms with Crippen molar-refractivity contribution in [2.45, 2.75) is 19.8 Å². The Morgan fingerprint density at radius 2 is 1.79 bits per heavy atom. The Hall–Kier alpha value is -2.24. The van der Waals surface area contributed by atoms with Crippen LogP contribution in [0.1, 0.15) is 30.1 Å². The summed E-state index contributed by atoms with van der Waals surface area (Å²) in [6, 6.07) is 12.1. The maximum atomic E-state index is 12.7. The van der Waals surface area contributed by atoms with E-state index in [1.54, 1.807) is 42.5 Å². The Morgan fingerprint density at radius 3 is 2.50 bits per heavy atom. The van der Waals surface area contributed by atoms with Crippen molar-refractivity contribution in [2.24, 2.45) is 5.92 Å². The maximum absolute atomic E-state index is 12.7. The fourth-order valence-corrected chi connectivity index (χ4v) is 3.42. The van der Waals surface area contributed by atoms with Crippen molar-refractivity contribution in [3.63, 3.8) is 0 Å². The van der Waals surface area contributed by atoms with Gasteiger partial charge < -0.3 is 15.5 Å². The molecule has 0 bridgehead atoms. The molecular weight excluding hydrogens is 397 g/mol. The summed E-state index contributed by atoms with van der Waals surface area (Å²) >= 11 is 11.9. The fourth-order valence-electron chi connectivity index (χ4n) is 3.12. The zero-order valence-corrected chi connectivity index (χ0v) is 17.2. The molecule has 148 valence electrons. The molecule has 2 amide bonds. The number of anilines is 2. The predicted molar refractivity (Wildman–Crippen MR) is 114 cm³/mol. The van der Waals surface area contributed by atoms with E-state index in [4.69, 9.17) is 23.2 Å². The van der Waals surface area contributed by atoms with Gasteiger partial charge in [-0.2, -0.15) is 0 Å². The van der Waals surface area contributed by atoms with Crippen LogP contribution in [0.4, 0.5) is 11.4 Å². The molecule has 1 fully saturated rings. The van der Waals surface area contributed by atoms with Crippen molar-refractivity contribution < 1.29 is 9.59 Å². The molecule has 2 aromatic rings. The molecule has 3 rings (SSSR count). The third-order valence-corrected chi connectivity index (χ3v) is 5.58. The molecule has 2 aromatic carbocycles. The van der Waals surface area contributed by atoms with E-state index < -0.39 is 0 Å². The third kappa shape index (κ3) is 5.40. The molecule has 0 saturated carbocycles. The summed E-state index contributed by atoms with van der Waals surface area (Å²) in [7, 11) is 0. The van der Waals surface area contributed by atoms with Crippen LogP contribution in [0.25, 0.3) is 0 Å². The molecule has 1 heterocycles. The second-order valence-electron chi connectivity index (χ2n) is 7.09. The lowest BCUT2D eigenvalue weighted by atomic mass is 9.98. The van der Waals surface area contributed by atoms with Gasteiger partial charge in [-0.3, -0.25) is 9.59 Å². The van der Waals surface area contributed by atoms with Crippen LogP contribution < -0.4 is 10.6 Å². The monoisotopic (exact) mass is 419 g/mol.